The third-order valence-electron chi connectivity index (χ3n) is 5.34. The molecule has 4 aromatic rings. The zero-order valence-corrected chi connectivity index (χ0v) is 17.6. The molecule has 30 heavy (non-hydrogen) atoms. The van der Waals surface area contributed by atoms with Crippen molar-refractivity contribution in [2.75, 3.05) is 6.61 Å². The number of carbonyl (C=O) groups is 2. The Balaban J connectivity index is 1.55. The molecule has 5 heteroatoms. The number of carbonyl (C=O) groups excluding carboxylic acids is 2. The summed E-state index contributed by atoms with van der Waals surface area (Å²) in [6, 6.07) is 15.7. The number of nitrogens with one attached hydrogen (secondary N) is 1. The van der Waals surface area contributed by atoms with Crippen LogP contribution in [0.1, 0.15) is 43.2 Å². The van der Waals surface area contributed by atoms with Crippen LogP contribution in [-0.4, -0.2) is 27.9 Å². The van der Waals surface area contributed by atoms with Crippen molar-refractivity contribution in [2.45, 2.75) is 27.7 Å². The summed E-state index contributed by atoms with van der Waals surface area (Å²) in [4.78, 5) is 28.4. The number of H-pyrrole nitrogens is 1. The molecule has 2 aromatic carbocycles. The first-order chi connectivity index (χ1) is 14.3. The summed E-state index contributed by atoms with van der Waals surface area (Å²) in [5, 5.41) is 0.781. The van der Waals surface area contributed by atoms with Gasteiger partial charge in [0, 0.05) is 39.7 Å². The van der Waals surface area contributed by atoms with Crippen molar-refractivity contribution in [3.8, 4) is 5.69 Å². The first kappa shape index (κ1) is 19.7. The third-order valence-corrected chi connectivity index (χ3v) is 5.34. The van der Waals surface area contributed by atoms with Gasteiger partial charge in [0.05, 0.1) is 5.56 Å². The molecule has 0 bridgehead atoms. The Kier molecular flexibility index (Phi) is 5.04. The first-order valence-corrected chi connectivity index (χ1v) is 9.89. The van der Waals surface area contributed by atoms with Crippen LogP contribution in [0.4, 0.5) is 0 Å². The standard InChI is InChI=1S/C25H24N2O3/c1-15-9-16(2)11-19(10-15)27-17(3)12-21(18(27)4)24(28)14-30-25(29)22-13-26-23-8-6-5-7-20(22)23/h5-13,26H,14H2,1-4H3. The van der Waals surface area contributed by atoms with Gasteiger partial charge in [0.1, 0.15) is 0 Å². The predicted molar refractivity (Wildman–Crippen MR) is 118 cm³/mol. The van der Waals surface area contributed by atoms with Crippen molar-refractivity contribution in [1.29, 1.82) is 0 Å². The zero-order chi connectivity index (χ0) is 21.4. The summed E-state index contributed by atoms with van der Waals surface area (Å²) < 4.78 is 7.41. The van der Waals surface area contributed by atoms with Crippen LogP contribution in [0.15, 0.2) is 54.7 Å². The average Bonchev–Trinajstić information content (AvgIpc) is 3.26. The molecule has 4 rings (SSSR count). The molecule has 0 saturated heterocycles. The second-order valence-corrected chi connectivity index (χ2v) is 7.71. The van der Waals surface area contributed by atoms with Gasteiger partial charge in [-0.2, -0.15) is 0 Å². The van der Waals surface area contributed by atoms with Gasteiger partial charge in [-0.1, -0.05) is 24.3 Å². The average molecular weight is 400 g/mol. The fourth-order valence-corrected chi connectivity index (χ4v) is 4.05. The van der Waals surface area contributed by atoms with Crippen LogP contribution in [0.2, 0.25) is 0 Å². The molecule has 0 spiro atoms. The molecule has 2 heterocycles. The number of hydrogen-bond acceptors (Lipinski definition) is 3. The van der Waals surface area contributed by atoms with Crippen LogP contribution < -0.4 is 0 Å². The number of Topliss-reactive ketones (excluding diaryl/α,β-unsaturated/α-hetero) is 1. The maximum atomic E-state index is 12.8. The minimum Gasteiger partial charge on any atom is -0.454 e. The molecular formula is C25H24N2O3. The van der Waals surface area contributed by atoms with E-state index in [0.29, 0.717) is 11.1 Å². The van der Waals surface area contributed by atoms with Crippen molar-refractivity contribution in [3.05, 3.63) is 88.4 Å². The van der Waals surface area contributed by atoms with Crippen molar-refractivity contribution < 1.29 is 14.3 Å². The van der Waals surface area contributed by atoms with E-state index in [0.717, 1.165) is 39.1 Å². The fraction of sp³-hybridized carbons (Fsp3) is 0.200. The highest BCUT2D eigenvalue weighted by atomic mass is 16.5. The van der Waals surface area contributed by atoms with E-state index in [9.17, 15) is 9.59 Å². The molecule has 0 radical (unpaired) electrons. The van der Waals surface area contributed by atoms with Gasteiger partial charge in [0.25, 0.3) is 0 Å². The molecule has 152 valence electrons. The summed E-state index contributed by atoms with van der Waals surface area (Å²) in [5.74, 6) is -0.726. The summed E-state index contributed by atoms with van der Waals surface area (Å²) >= 11 is 0. The highest BCUT2D eigenvalue weighted by Gasteiger charge is 2.20. The molecule has 0 amide bonds. The number of esters is 1. The summed E-state index contributed by atoms with van der Waals surface area (Å²) in [5.41, 5.74) is 7.01. The molecule has 0 saturated carbocycles. The number of ether oxygens (including phenoxy) is 1. The Bertz CT molecular complexity index is 1260. The van der Waals surface area contributed by atoms with E-state index in [1.165, 1.54) is 0 Å². The Morgan fingerprint density at radius 2 is 1.63 bits per heavy atom. The zero-order valence-electron chi connectivity index (χ0n) is 17.6. The first-order valence-electron chi connectivity index (χ1n) is 9.89. The van der Waals surface area contributed by atoms with E-state index in [-0.39, 0.29) is 12.4 Å². The van der Waals surface area contributed by atoms with E-state index in [1.54, 1.807) is 6.20 Å². The lowest BCUT2D eigenvalue weighted by molar-refractivity contribution is 0.0476. The second-order valence-electron chi connectivity index (χ2n) is 7.71. The SMILES string of the molecule is Cc1cc(C)cc(-n2c(C)cc(C(=O)COC(=O)c3c[nH]c4ccccc34)c2C)c1. The minimum atomic E-state index is -0.510. The van der Waals surface area contributed by atoms with Gasteiger partial charge in [-0.05, 0) is 63.1 Å². The topological polar surface area (TPSA) is 64.1 Å². The van der Waals surface area contributed by atoms with Crippen molar-refractivity contribution >= 4 is 22.7 Å². The lowest BCUT2D eigenvalue weighted by Crippen LogP contribution is -2.15. The van der Waals surface area contributed by atoms with Gasteiger partial charge < -0.3 is 14.3 Å². The number of para-hydroxylation sites is 1. The normalized spacial score (nSPS) is 11.1. The molecule has 0 aliphatic carbocycles. The van der Waals surface area contributed by atoms with Gasteiger partial charge in [-0.15, -0.1) is 0 Å². The number of fused-ring (bicyclic) bond motifs is 1. The fourth-order valence-electron chi connectivity index (χ4n) is 4.05. The number of aromatic amines is 1. The van der Waals surface area contributed by atoms with E-state index < -0.39 is 5.97 Å². The Hall–Kier alpha value is -3.60. The summed E-state index contributed by atoms with van der Waals surface area (Å²) in [7, 11) is 0. The van der Waals surface area contributed by atoms with Crippen LogP contribution in [-0.2, 0) is 4.74 Å². The molecule has 1 N–H and O–H groups in total. The van der Waals surface area contributed by atoms with Crippen molar-refractivity contribution in [2.24, 2.45) is 0 Å². The van der Waals surface area contributed by atoms with Gasteiger partial charge in [-0.25, -0.2) is 4.79 Å². The minimum absolute atomic E-state index is 0.216. The smallest absolute Gasteiger partial charge is 0.340 e. The molecule has 0 aliphatic heterocycles. The molecule has 2 aromatic heterocycles. The molecule has 0 unspecified atom stereocenters. The van der Waals surface area contributed by atoms with Gasteiger partial charge in [0.2, 0.25) is 5.78 Å². The lowest BCUT2D eigenvalue weighted by Gasteiger charge is -2.12. The molecule has 0 atom stereocenters. The Morgan fingerprint density at radius 3 is 2.37 bits per heavy atom. The number of rotatable bonds is 5. The number of aromatic nitrogens is 2. The van der Waals surface area contributed by atoms with E-state index >= 15 is 0 Å². The monoisotopic (exact) mass is 400 g/mol. The summed E-state index contributed by atoms with van der Waals surface area (Å²) in [6.45, 7) is 7.70. The van der Waals surface area contributed by atoms with Crippen LogP contribution in [0, 0.1) is 27.7 Å². The summed E-state index contributed by atoms with van der Waals surface area (Å²) in [6.07, 6.45) is 1.61. The maximum absolute atomic E-state index is 12.8. The van der Waals surface area contributed by atoms with Gasteiger partial charge >= 0.3 is 5.97 Å². The van der Waals surface area contributed by atoms with Crippen LogP contribution in [0.5, 0.6) is 0 Å². The van der Waals surface area contributed by atoms with Crippen LogP contribution >= 0.6 is 0 Å². The van der Waals surface area contributed by atoms with Crippen molar-refractivity contribution in [1.82, 2.24) is 9.55 Å². The molecule has 0 aliphatic rings. The highest BCUT2D eigenvalue weighted by Crippen LogP contribution is 2.24. The highest BCUT2D eigenvalue weighted by molar-refractivity contribution is 6.05. The number of hydrogen-bond donors (Lipinski definition) is 1. The number of nitrogens with zero attached hydrogens (tertiary/aromatic N) is 1. The maximum Gasteiger partial charge on any atom is 0.340 e. The van der Waals surface area contributed by atoms with E-state index in [1.807, 2.05) is 44.2 Å². The quantitative estimate of drug-likeness (QED) is 0.368. The number of aryl methyl sites for hydroxylation is 3. The van der Waals surface area contributed by atoms with E-state index in [2.05, 4.69) is 41.6 Å². The second kappa shape index (κ2) is 7.67. The third kappa shape index (κ3) is 3.54. The van der Waals surface area contributed by atoms with Gasteiger partial charge in [-0.3, -0.25) is 4.79 Å². The Labute approximate surface area is 175 Å². The molecule has 0 fully saturated rings. The lowest BCUT2D eigenvalue weighted by atomic mass is 10.1. The van der Waals surface area contributed by atoms with Crippen LogP contribution in [0.25, 0.3) is 16.6 Å². The number of ketones is 1. The molecular weight excluding hydrogens is 376 g/mol. The van der Waals surface area contributed by atoms with Gasteiger partial charge in [0.15, 0.2) is 6.61 Å². The van der Waals surface area contributed by atoms with Crippen LogP contribution in [0.3, 0.4) is 0 Å². The van der Waals surface area contributed by atoms with E-state index in [4.69, 9.17) is 4.74 Å². The van der Waals surface area contributed by atoms with Crippen molar-refractivity contribution in [3.63, 3.8) is 0 Å². The number of benzene rings is 2. The Morgan fingerprint density at radius 1 is 0.933 bits per heavy atom. The predicted octanol–water partition coefficient (Wildman–Crippen LogP) is 5.23. The largest absolute Gasteiger partial charge is 0.454 e. The molecule has 5 nitrogen and oxygen atoms in total.